The van der Waals surface area contributed by atoms with Crippen molar-refractivity contribution in [2.24, 2.45) is 4.99 Å². The Kier molecular flexibility index (Phi) is 3.16. The smallest absolute Gasteiger partial charge is 0.137 e. The molecule has 2 nitrogen and oxygen atoms in total. The predicted octanol–water partition coefficient (Wildman–Crippen LogP) is 3.32. The third-order valence-corrected chi connectivity index (χ3v) is 3.39. The molecule has 0 aliphatic carbocycles. The molecule has 3 heteroatoms. The average molecular weight is 237 g/mol. The Morgan fingerprint density at radius 2 is 2.11 bits per heavy atom. The fourth-order valence-corrected chi connectivity index (χ4v) is 2.06. The Labute approximate surface area is 109 Å². The van der Waals surface area contributed by atoms with Crippen LogP contribution in [0.5, 0.6) is 5.75 Å². The molecule has 0 fully saturated rings. The lowest BCUT2D eigenvalue weighted by atomic mass is 9.73. The summed E-state index contributed by atoms with van der Waals surface area (Å²) in [5.74, 6) is 0.788. The number of aliphatic imine (C=N–C) groups is 1. The fourth-order valence-electron chi connectivity index (χ4n) is 2.06. The zero-order chi connectivity index (χ0) is 13.3. The minimum atomic E-state index is -0.769. The third kappa shape index (κ3) is 2.01. The van der Waals surface area contributed by atoms with Crippen LogP contribution in [0.3, 0.4) is 0 Å². The standard InChI is InChI=1S/C15H16BNO/c1-5-17-9-12-7-6-8-13-10(2)11(3)15(4,16)18-14(12)13/h5-9H,1H2,2-4H3. The van der Waals surface area contributed by atoms with Crippen molar-refractivity contribution in [1.29, 1.82) is 0 Å². The van der Waals surface area contributed by atoms with E-state index in [-0.39, 0.29) is 0 Å². The maximum Gasteiger partial charge on any atom is 0.137 e. The molecule has 1 heterocycles. The number of benzene rings is 1. The van der Waals surface area contributed by atoms with Crippen molar-refractivity contribution in [2.75, 3.05) is 0 Å². The van der Waals surface area contributed by atoms with Crippen LogP contribution in [-0.2, 0) is 0 Å². The van der Waals surface area contributed by atoms with Gasteiger partial charge in [0.05, 0.1) is 5.50 Å². The summed E-state index contributed by atoms with van der Waals surface area (Å²) in [5.41, 5.74) is 3.43. The molecular weight excluding hydrogens is 221 g/mol. The van der Waals surface area contributed by atoms with Crippen molar-refractivity contribution in [3.05, 3.63) is 47.7 Å². The first kappa shape index (κ1) is 12.7. The number of para-hydroxylation sites is 1. The zero-order valence-electron chi connectivity index (χ0n) is 11.0. The molecule has 1 aromatic rings. The molecule has 1 aliphatic rings. The Morgan fingerprint density at radius 1 is 1.39 bits per heavy atom. The largest absolute Gasteiger partial charge is 0.492 e. The van der Waals surface area contributed by atoms with Crippen LogP contribution in [0, 0.1) is 0 Å². The quantitative estimate of drug-likeness (QED) is 0.571. The van der Waals surface area contributed by atoms with Crippen molar-refractivity contribution in [3.63, 3.8) is 0 Å². The Morgan fingerprint density at radius 3 is 2.78 bits per heavy atom. The van der Waals surface area contributed by atoms with Gasteiger partial charge in [-0.05, 0) is 38.0 Å². The first-order chi connectivity index (χ1) is 8.47. The molecule has 1 aliphatic heterocycles. The van der Waals surface area contributed by atoms with E-state index in [2.05, 4.69) is 18.5 Å². The highest BCUT2D eigenvalue weighted by Crippen LogP contribution is 2.40. The fraction of sp³-hybridized carbons (Fsp3) is 0.267. The molecule has 2 radical (unpaired) electrons. The summed E-state index contributed by atoms with van der Waals surface area (Å²) >= 11 is 0. The molecule has 0 saturated heterocycles. The van der Waals surface area contributed by atoms with E-state index >= 15 is 0 Å². The molecule has 0 saturated carbocycles. The summed E-state index contributed by atoms with van der Waals surface area (Å²) in [5, 5.41) is 0. The molecule has 1 atom stereocenters. The highest BCUT2D eigenvalue weighted by molar-refractivity contribution is 6.18. The Balaban J connectivity index is 2.63. The maximum atomic E-state index is 6.18. The van der Waals surface area contributed by atoms with Crippen molar-refractivity contribution in [1.82, 2.24) is 0 Å². The van der Waals surface area contributed by atoms with Gasteiger partial charge < -0.3 is 4.74 Å². The van der Waals surface area contributed by atoms with Crippen LogP contribution in [-0.4, -0.2) is 19.6 Å². The summed E-state index contributed by atoms with van der Waals surface area (Å²) in [7, 11) is 6.18. The summed E-state index contributed by atoms with van der Waals surface area (Å²) < 4.78 is 5.92. The van der Waals surface area contributed by atoms with Gasteiger partial charge in [-0.25, -0.2) is 0 Å². The number of nitrogens with zero attached hydrogens (tertiary/aromatic N) is 1. The zero-order valence-corrected chi connectivity index (χ0v) is 11.0. The molecule has 0 aromatic heterocycles. The van der Waals surface area contributed by atoms with Crippen LogP contribution in [0.25, 0.3) is 5.57 Å². The van der Waals surface area contributed by atoms with Crippen molar-refractivity contribution >= 4 is 19.6 Å². The van der Waals surface area contributed by atoms with Gasteiger partial charge in [-0.2, -0.15) is 0 Å². The normalized spacial score (nSPS) is 22.8. The van der Waals surface area contributed by atoms with Gasteiger partial charge in [-0.3, -0.25) is 4.99 Å². The van der Waals surface area contributed by atoms with Crippen LogP contribution in [0.2, 0.25) is 0 Å². The van der Waals surface area contributed by atoms with Crippen LogP contribution in [0.15, 0.2) is 41.5 Å². The lowest BCUT2D eigenvalue weighted by molar-refractivity contribution is 0.209. The molecule has 0 N–H and O–H groups in total. The molecule has 90 valence electrons. The number of rotatable bonds is 2. The van der Waals surface area contributed by atoms with E-state index in [1.807, 2.05) is 32.0 Å². The number of allylic oxidation sites excluding steroid dienone is 1. The second-order valence-corrected chi connectivity index (χ2v) is 4.64. The van der Waals surface area contributed by atoms with E-state index in [1.54, 1.807) is 6.21 Å². The summed E-state index contributed by atoms with van der Waals surface area (Å²) in [6, 6.07) is 5.98. The van der Waals surface area contributed by atoms with Crippen molar-refractivity contribution in [2.45, 2.75) is 26.3 Å². The Bertz CT molecular complexity index is 556. The SMILES string of the molecule is [B]C1(C)Oc2c(C=NC=C)cccc2C(C)=C1C. The average Bonchev–Trinajstić information content (AvgIpc) is 2.34. The first-order valence-corrected chi connectivity index (χ1v) is 5.90. The monoisotopic (exact) mass is 237 g/mol. The van der Waals surface area contributed by atoms with Gasteiger partial charge in [0.15, 0.2) is 0 Å². The second-order valence-electron chi connectivity index (χ2n) is 4.64. The molecule has 1 aromatic carbocycles. The summed E-state index contributed by atoms with van der Waals surface area (Å²) in [6.07, 6.45) is 3.23. The van der Waals surface area contributed by atoms with E-state index in [4.69, 9.17) is 12.6 Å². The number of ether oxygens (including phenoxy) is 1. The number of hydrogen-bond acceptors (Lipinski definition) is 2. The molecule has 18 heavy (non-hydrogen) atoms. The third-order valence-electron chi connectivity index (χ3n) is 3.39. The lowest BCUT2D eigenvalue weighted by Crippen LogP contribution is -2.37. The Hall–Kier alpha value is -1.77. The van der Waals surface area contributed by atoms with Crippen LogP contribution >= 0.6 is 0 Å². The minimum Gasteiger partial charge on any atom is -0.492 e. The summed E-state index contributed by atoms with van der Waals surface area (Å²) in [4.78, 5) is 4.04. The molecule has 0 bridgehead atoms. The van der Waals surface area contributed by atoms with Gasteiger partial charge in [0.25, 0.3) is 0 Å². The van der Waals surface area contributed by atoms with Crippen LogP contribution in [0.4, 0.5) is 0 Å². The van der Waals surface area contributed by atoms with Crippen LogP contribution in [0.1, 0.15) is 31.9 Å². The second kappa shape index (κ2) is 4.49. The molecule has 0 spiro atoms. The summed E-state index contributed by atoms with van der Waals surface area (Å²) in [6.45, 7) is 9.51. The lowest BCUT2D eigenvalue weighted by Gasteiger charge is -2.36. The first-order valence-electron chi connectivity index (χ1n) is 5.90. The molecular formula is C15H16BNO. The number of fused-ring (bicyclic) bond motifs is 1. The van der Waals surface area contributed by atoms with Gasteiger partial charge in [-0.15, -0.1) is 0 Å². The molecule has 2 rings (SSSR count). The topological polar surface area (TPSA) is 21.6 Å². The van der Waals surface area contributed by atoms with Gasteiger partial charge in [0.2, 0.25) is 0 Å². The van der Waals surface area contributed by atoms with Crippen LogP contribution < -0.4 is 4.74 Å². The number of hydrogen-bond donors (Lipinski definition) is 0. The van der Waals surface area contributed by atoms with Gasteiger partial charge in [0, 0.05) is 23.5 Å². The van der Waals surface area contributed by atoms with Gasteiger partial charge in [0.1, 0.15) is 13.6 Å². The maximum absolute atomic E-state index is 6.18. The van der Waals surface area contributed by atoms with Gasteiger partial charge in [-0.1, -0.05) is 18.7 Å². The predicted molar refractivity (Wildman–Crippen MR) is 77.3 cm³/mol. The van der Waals surface area contributed by atoms with Crippen molar-refractivity contribution < 1.29 is 4.74 Å². The highest BCUT2D eigenvalue weighted by Gasteiger charge is 2.30. The molecule has 0 amide bonds. The van der Waals surface area contributed by atoms with E-state index in [9.17, 15) is 0 Å². The minimum absolute atomic E-state index is 0.769. The van der Waals surface area contributed by atoms with E-state index < -0.39 is 5.50 Å². The van der Waals surface area contributed by atoms with E-state index in [0.717, 1.165) is 28.0 Å². The van der Waals surface area contributed by atoms with Gasteiger partial charge >= 0.3 is 0 Å². The van der Waals surface area contributed by atoms with E-state index in [0.29, 0.717) is 0 Å². The van der Waals surface area contributed by atoms with Crippen molar-refractivity contribution in [3.8, 4) is 5.75 Å². The van der Waals surface area contributed by atoms with E-state index in [1.165, 1.54) is 6.20 Å². The highest BCUT2D eigenvalue weighted by atomic mass is 16.5. The molecule has 1 unspecified atom stereocenters.